The first-order chi connectivity index (χ1) is 7.58. The summed E-state index contributed by atoms with van der Waals surface area (Å²) in [7, 11) is 0. The van der Waals surface area contributed by atoms with Crippen molar-refractivity contribution in [2.24, 2.45) is 5.73 Å². The maximum absolute atomic E-state index is 5.82. The van der Waals surface area contributed by atoms with Crippen LogP contribution in [0, 0.1) is 13.8 Å². The Kier molecular flexibility index (Phi) is 3.03. The zero-order valence-electron chi connectivity index (χ0n) is 9.69. The van der Waals surface area contributed by atoms with Gasteiger partial charge in [-0.2, -0.15) is 0 Å². The van der Waals surface area contributed by atoms with E-state index in [2.05, 4.69) is 28.3 Å². The minimum absolute atomic E-state index is 0.126. The average molecular weight is 233 g/mol. The lowest BCUT2D eigenvalue weighted by molar-refractivity contribution is 0.735. The molecule has 1 unspecified atom stereocenters. The predicted molar refractivity (Wildman–Crippen MR) is 67.4 cm³/mol. The molecule has 0 saturated carbocycles. The van der Waals surface area contributed by atoms with Crippen LogP contribution in [0.5, 0.6) is 0 Å². The molecule has 0 aliphatic rings. The summed E-state index contributed by atoms with van der Waals surface area (Å²) in [5, 5.41) is 2.08. The van der Waals surface area contributed by atoms with Crippen LogP contribution in [0.3, 0.4) is 0 Å². The van der Waals surface area contributed by atoms with E-state index >= 15 is 0 Å². The number of rotatable bonds is 2. The first-order valence-electron chi connectivity index (χ1n) is 5.23. The molecule has 0 bridgehead atoms. The van der Waals surface area contributed by atoms with E-state index in [1.807, 2.05) is 19.9 Å². The number of hydrogen-bond donors (Lipinski definition) is 1. The van der Waals surface area contributed by atoms with Crippen molar-refractivity contribution in [1.82, 2.24) is 9.97 Å². The SMILES string of the molecule is Cc1cc(-c2sccc2C)nc(C(C)N)n1. The Morgan fingerprint density at radius 1 is 1.31 bits per heavy atom. The Labute approximate surface area is 99.4 Å². The van der Waals surface area contributed by atoms with E-state index in [1.165, 1.54) is 10.4 Å². The molecule has 0 aromatic carbocycles. The fourth-order valence-electron chi connectivity index (χ4n) is 1.55. The van der Waals surface area contributed by atoms with Crippen molar-refractivity contribution >= 4 is 11.3 Å². The van der Waals surface area contributed by atoms with Crippen molar-refractivity contribution < 1.29 is 0 Å². The van der Waals surface area contributed by atoms with E-state index in [0.29, 0.717) is 5.82 Å². The molecule has 1 atom stereocenters. The molecule has 2 aromatic heterocycles. The number of hydrogen-bond acceptors (Lipinski definition) is 4. The molecule has 0 saturated heterocycles. The summed E-state index contributed by atoms with van der Waals surface area (Å²) in [6.45, 7) is 5.97. The summed E-state index contributed by atoms with van der Waals surface area (Å²) in [5.74, 6) is 0.711. The van der Waals surface area contributed by atoms with Gasteiger partial charge in [-0.25, -0.2) is 9.97 Å². The number of nitrogens with zero attached hydrogens (tertiary/aromatic N) is 2. The Balaban J connectivity index is 2.54. The third-order valence-corrected chi connectivity index (χ3v) is 3.41. The quantitative estimate of drug-likeness (QED) is 0.867. The molecule has 2 aromatic rings. The summed E-state index contributed by atoms with van der Waals surface area (Å²) in [4.78, 5) is 10.1. The number of thiophene rings is 1. The van der Waals surface area contributed by atoms with E-state index in [9.17, 15) is 0 Å². The van der Waals surface area contributed by atoms with Crippen LogP contribution in [0.15, 0.2) is 17.5 Å². The van der Waals surface area contributed by atoms with Crippen LogP contribution in [0.1, 0.15) is 30.0 Å². The third kappa shape index (κ3) is 2.13. The third-order valence-electron chi connectivity index (χ3n) is 2.37. The molecular formula is C12H15N3S. The van der Waals surface area contributed by atoms with Gasteiger partial charge >= 0.3 is 0 Å². The van der Waals surface area contributed by atoms with Crippen molar-refractivity contribution in [3.8, 4) is 10.6 Å². The van der Waals surface area contributed by atoms with Crippen molar-refractivity contribution in [3.05, 3.63) is 34.6 Å². The Hall–Kier alpha value is -1.26. The molecule has 0 spiro atoms. The van der Waals surface area contributed by atoms with Gasteiger partial charge in [0.05, 0.1) is 16.6 Å². The molecular weight excluding hydrogens is 218 g/mol. The molecule has 2 rings (SSSR count). The molecule has 0 fully saturated rings. The fourth-order valence-corrected chi connectivity index (χ4v) is 2.43. The van der Waals surface area contributed by atoms with Gasteiger partial charge < -0.3 is 5.73 Å². The molecule has 0 aliphatic carbocycles. The highest BCUT2D eigenvalue weighted by Gasteiger charge is 2.10. The molecule has 0 amide bonds. The second-order valence-electron chi connectivity index (χ2n) is 3.97. The zero-order chi connectivity index (χ0) is 11.7. The lowest BCUT2D eigenvalue weighted by Gasteiger charge is -2.07. The van der Waals surface area contributed by atoms with Crippen molar-refractivity contribution in [1.29, 1.82) is 0 Å². The van der Waals surface area contributed by atoms with E-state index in [4.69, 9.17) is 5.73 Å². The lowest BCUT2D eigenvalue weighted by atomic mass is 10.2. The Bertz CT molecular complexity index is 503. The van der Waals surface area contributed by atoms with Crippen molar-refractivity contribution in [2.45, 2.75) is 26.8 Å². The summed E-state index contributed by atoms with van der Waals surface area (Å²) in [6, 6.07) is 3.98. The van der Waals surface area contributed by atoms with Gasteiger partial charge in [0.15, 0.2) is 0 Å². The molecule has 2 heterocycles. The van der Waals surface area contributed by atoms with Crippen LogP contribution in [0.25, 0.3) is 10.6 Å². The van der Waals surface area contributed by atoms with Crippen molar-refractivity contribution in [3.63, 3.8) is 0 Å². The molecule has 16 heavy (non-hydrogen) atoms. The standard InChI is InChI=1S/C12H15N3S/c1-7-4-5-16-11(7)10-6-8(2)14-12(15-10)9(3)13/h4-6,9H,13H2,1-3H3. The number of aromatic nitrogens is 2. The first kappa shape index (κ1) is 11.2. The van der Waals surface area contributed by atoms with E-state index in [1.54, 1.807) is 11.3 Å². The van der Waals surface area contributed by atoms with Crippen LogP contribution < -0.4 is 5.73 Å². The summed E-state index contributed by atoms with van der Waals surface area (Å²) < 4.78 is 0. The average Bonchev–Trinajstić information content (AvgIpc) is 2.63. The Morgan fingerprint density at radius 3 is 2.62 bits per heavy atom. The van der Waals surface area contributed by atoms with Gasteiger partial charge in [0, 0.05) is 5.69 Å². The molecule has 3 nitrogen and oxygen atoms in total. The van der Waals surface area contributed by atoms with Gasteiger partial charge in [-0.1, -0.05) is 0 Å². The highest BCUT2D eigenvalue weighted by atomic mass is 32.1. The molecule has 0 radical (unpaired) electrons. The maximum atomic E-state index is 5.82. The van der Waals surface area contributed by atoms with Crippen LogP contribution in [-0.4, -0.2) is 9.97 Å². The van der Waals surface area contributed by atoms with Crippen molar-refractivity contribution in [2.75, 3.05) is 0 Å². The second kappa shape index (κ2) is 4.31. The smallest absolute Gasteiger partial charge is 0.145 e. The normalized spacial score (nSPS) is 12.8. The molecule has 4 heteroatoms. The van der Waals surface area contributed by atoms with E-state index in [-0.39, 0.29) is 6.04 Å². The minimum Gasteiger partial charge on any atom is -0.322 e. The fraction of sp³-hybridized carbons (Fsp3) is 0.333. The van der Waals surface area contributed by atoms with Crippen LogP contribution in [-0.2, 0) is 0 Å². The van der Waals surface area contributed by atoms with Crippen LogP contribution in [0.4, 0.5) is 0 Å². The van der Waals surface area contributed by atoms with Crippen LogP contribution in [0.2, 0.25) is 0 Å². The largest absolute Gasteiger partial charge is 0.322 e. The van der Waals surface area contributed by atoms with Gasteiger partial charge in [-0.3, -0.25) is 0 Å². The van der Waals surface area contributed by atoms with Gasteiger partial charge in [0.1, 0.15) is 5.82 Å². The highest BCUT2D eigenvalue weighted by Crippen LogP contribution is 2.28. The van der Waals surface area contributed by atoms with Gasteiger partial charge in [0.25, 0.3) is 0 Å². The first-order valence-corrected chi connectivity index (χ1v) is 6.11. The van der Waals surface area contributed by atoms with Gasteiger partial charge in [-0.15, -0.1) is 11.3 Å². The van der Waals surface area contributed by atoms with Crippen LogP contribution >= 0.6 is 11.3 Å². The maximum Gasteiger partial charge on any atom is 0.145 e. The topological polar surface area (TPSA) is 51.8 Å². The minimum atomic E-state index is -0.126. The lowest BCUT2D eigenvalue weighted by Crippen LogP contribution is -2.11. The monoisotopic (exact) mass is 233 g/mol. The molecule has 2 N–H and O–H groups in total. The zero-order valence-corrected chi connectivity index (χ0v) is 10.5. The predicted octanol–water partition coefficient (Wildman–Crippen LogP) is 2.84. The highest BCUT2D eigenvalue weighted by molar-refractivity contribution is 7.13. The summed E-state index contributed by atoms with van der Waals surface area (Å²) >= 11 is 1.70. The number of nitrogens with two attached hydrogens (primary N) is 1. The summed E-state index contributed by atoms with van der Waals surface area (Å²) in [5.41, 5.74) is 9.01. The van der Waals surface area contributed by atoms with E-state index < -0.39 is 0 Å². The molecule has 84 valence electrons. The summed E-state index contributed by atoms with van der Waals surface area (Å²) in [6.07, 6.45) is 0. The number of aryl methyl sites for hydroxylation is 2. The van der Waals surface area contributed by atoms with E-state index in [0.717, 1.165) is 11.4 Å². The van der Waals surface area contributed by atoms with Gasteiger partial charge in [-0.05, 0) is 43.8 Å². The Morgan fingerprint density at radius 2 is 2.06 bits per heavy atom. The van der Waals surface area contributed by atoms with Gasteiger partial charge in [0.2, 0.25) is 0 Å². The molecule has 0 aliphatic heterocycles. The second-order valence-corrected chi connectivity index (χ2v) is 4.89.